The lowest BCUT2D eigenvalue weighted by atomic mass is 10.1. The third-order valence-corrected chi connectivity index (χ3v) is 4.16. The number of phenols is 1. The third-order valence-electron chi connectivity index (χ3n) is 2.79. The minimum Gasteiger partial charge on any atom is -0.508 e. The Bertz CT molecular complexity index is 376. The topological polar surface area (TPSA) is 44.0 Å². The molecule has 1 aromatic rings. The highest BCUT2D eigenvalue weighted by atomic mass is 32.2. The highest BCUT2D eigenvalue weighted by molar-refractivity contribution is 7.99. The number of hydrogen-bond donors (Lipinski definition) is 1. The molecule has 1 aliphatic carbocycles. The largest absolute Gasteiger partial charge is 0.508 e. The summed E-state index contributed by atoms with van der Waals surface area (Å²) in [6.07, 6.45) is 3.05. The second-order valence-corrected chi connectivity index (χ2v) is 5.17. The number of rotatable bonds is 4. The van der Waals surface area contributed by atoms with Crippen LogP contribution in [0.2, 0.25) is 0 Å². The molecule has 0 atom stereocenters. The number of benzene rings is 1. The van der Waals surface area contributed by atoms with Gasteiger partial charge in [0.05, 0.1) is 6.07 Å². The lowest BCUT2D eigenvalue weighted by molar-refractivity contribution is 0.475. The van der Waals surface area contributed by atoms with E-state index in [0.29, 0.717) is 12.2 Å². The standard InChI is InChI=1S/C12H13NOS/c13-8-7-12(5-6-12)9-15-11-3-1-10(14)2-4-11/h1-4,14H,5-7,9H2. The van der Waals surface area contributed by atoms with Crippen molar-refractivity contribution in [3.8, 4) is 11.8 Å². The second kappa shape index (κ2) is 4.16. The summed E-state index contributed by atoms with van der Waals surface area (Å²) in [6.45, 7) is 0. The van der Waals surface area contributed by atoms with Gasteiger partial charge in [-0.15, -0.1) is 11.8 Å². The average molecular weight is 219 g/mol. The zero-order valence-corrected chi connectivity index (χ0v) is 9.26. The van der Waals surface area contributed by atoms with Gasteiger partial charge in [-0.25, -0.2) is 0 Å². The van der Waals surface area contributed by atoms with Crippen LogP contribution in [0.1, 0.15) is 19.3 Å². The molecule has 1 aromatic carbocycles. The van der Waals surface area contributed by atoms with Crippen LogP contribution in [0.25, 0.3) is 0 Å². The number of nitriles is 1. The van der Waals surface area contributed by atoms with Crippen molar-refractivity contribution in [2.75, 3.05) is 5.75 Å². The highest BCUT2D eigenvalue weighted by Crippen LogP contribution is 2.51. The van der Waals surface area contributed by atoms with E-state index in [1.54, 1.807) is 23.9 Å². The maximum atomic E-state index is 9.13. The van der Waals surface area contributed by atoms with Crippen LogP contribution in [0.3, 0.4) is 0 Å². The van der Waals surface area contributed by atoms with Gasteiger partial charge in [-0.3, -0.25) is 0 Å². The Morgan fingerprint density at radius 3 is 2.53 bits per heavy atom. The molecular formula is C12H13NOS. The summed E-state index contributed by atoms with van der Waals surface area (Å²) >= 11 is 1.78. The first kappa shape index (κ1) is 10.4. The summed E-state index contributed by atoms with van der Waals surface area (Å²) in [7, 11) is 0. The van der Waals surface area contributed by atoms with Crippen LogP contribution in [-0.4, -0.2) is 10.9 Å². The molecule has 0 radical (unpaired) electrons. The monoisotopic (exact) mass is 219 g/mol. The van der Waals surface area contributed by atoms with Gasteiger partial charge in [0.2, 0.25) is 0 Å². The van der Waals surface area contributed by atoms with Gasteiger partial charge in [-0.1, -0.05) is 0 Å². The molecule has 3 heteroatoms. The van der Waals surface area contributed by atoms with E-state index in [1.807, 2.05) is 12.1 Å². The Morgan fingerprint density at radius 2 is 2.00 bits per heavy atom. The van der Waals surface area contributed by atoms with E-state index < -0.39 is 0 Å². The zero-order valence-electron chi connectivity index (χ0n) is 8.44. The molecule has 0 aliphatic heterocycles. The van der Waals surface area contributed by atoms with Crippen LogP contribution in [-0.2, 0) is 0 Å². The molecule has 78 valence electrons. The van der Waals surface area contributed by atoms with Crippen molar-refractivity contribution in [2.45, 2.75) is 24.2 Å². The fourth-order valence-corrected chi connectivity index (χ4v) is 2.69. The van der Waals surface area contributed by atoms with Gasteiger partial charge in [-0.2, -0.15) is 5.26 Å². The summed E-state index contributed by atoms with van der Waals surface area (Å²) in [4.78, 5) is 1.16. The molecule has 0 amide bonds. The smallest absolute Gasteiger partial charge is 0.115 e. The molecule has 0 spiro atoms. The van der Waals surface area contributed by atoms with Crippen molar-refractivity contribution >= 4 is 11.8 Å². The SMILES string of the molecule is N#CCC1(CSc2ccc(O)cc2)CC1. The van der Waals surface area contributed by atoms with Crippen LogP contribution in [0.4, 0.5) is 0 Å². The summed E-state index contributed by atoms with van der Waals surface area (Å²) in [5.74, 6) is 1.32. The van der Waals surface area contributed by atoms with Gasteiger partial charge >= 0.3 is 0 Å². The Balaban J connectivity index is 1.88. The molecule has 0 saturated heterocycles. The van der Waals surface area contributed by atoms with Crippen LogP contribution in [0.5, 0.6) is 5.75 Å². The molecule has 1 N–H and O–H groups in total. The molecule has 0 aromatic heterocycles. The highest BCUT2D eigenvalue weighted by Gasteiger charge is 2.42. The van der Waals surface area contributed by atoms with E-state index in [-0.39, 0.29) is 5.41 Å². The molecule has 15 heavy (non-hydrogen) atoms. The molecule has 0 unspecified atom stereocenters. The van der Waals surface area contributed by atoms with E-state index in [9.17, 15) is 0 Å². The number of aromatic hydroxyl groups is 1. The van der Waals surface area contributed by atoms with Crippen molar-refractivity contribution in [1.82, 2.24) is 0 Å². The molecular weight excluding hydrogens is 206 g/mol. The van der Waals surface area contributed by atoms with Crippen molar-refractivity contribution < 1.29 is 5.11 Å². The first-order chi connectivity index (χ1) is 7.24. The minimum atomic E-state index is 0.289. The van der Waals surface area contributed by atoms with E-state index >= 15 is 0 Å². The Morgan fingerprint density at radius 1 is 1.33 bits per heavy atom. The van der Waals surface area contributed by atoms with Crippen LogP contribution in [0, 0.1) is 16.7 Å². The fourth-order valence-electron chi connectivity index (χ4n) is 1.50. The van der Waals surface area contributed by atoms with Crippen molar-refractivity contribution in [1.29, 1.82) is 5.26 Å². The zero-order chi connectivity index (χ0) is 10.7. The molecule has 2 nitrogen and oxygen atoms in total. The first-order valence-corrected chi connectivity index (χ1v) is 6.01. The molecule has 1 aliphatic rings. The predicted octanol–water partition coefficient (Wildman–Crippen LogP) is 3.18. The fraction of sp³-hybridized carbons (Fsp3) is 0.417. The van der Waals surface area contributed by atoms with Crippen molar-refractivity contribution in [3.05, 3.63) is 24.3 Å². The molecule has 0 heterocycles. The van der Waals surface area contributed by atoms with E-state index in [1.165, 1.54) is 12.8 Å². The van der Waals surface area contributed by atoms with Crippen LogP contribution >= 0.6 is 11.8 Å². The number of nitrogens with zero attached hydrogens (tertiary/aromatic N) is 1. The number of thioether (sulfide) groups is 1. The summed E-state index contributed by atoms with van der Waals surface area (Å²) in [5, 5.41) is 17.8. The average Bonchev–Trinajstić information content (AvgIpc) is 2.99. The number of hydrogen-bond acceptors (Lipinski definition) is 3. The molecule has 0 bridgehead atoms. The lowest BCUT2D eigenvalue weighted by Gasteiger charge is -2.09. The van der Waals surface area contributed by atoms with Crippen LogP contribution < -0.4 is 0 Å². The first-order valence-electron chi connectivity index (χ1n) is 5.03. The van der Waals surface area contributed by atoms with Gasteiger partial charge in [0, 0.05) is 17.1 Å². The molecule has 1 saturated carbocycles. The second-order valence-electron chi connectivity index (χ2n) is 4.12. The van der Waals surface area contributed by atoms with Crippen molar-refractivity contribution in [3.63, 3.8) is 0 Å². The van der Waals surface area contributed by atoms with E-state index in [4.69, 9.17) is 10.4 Å². The van der Waals surface area contributed by atoms with Gasteiger partial charge in [-0.05, 0) is 42.5 Å². The van der Waals surface area contributed by atoms with Crippen molar-refractivity contribution in [2.24, 2.45) is 5.41 Å². The summed E-state index contributed by atoms with van der Waals surface area (Å²) in [6, 6.07) is 9.50. The quantitative estimate of drug-likeness (QED) is 0.791. The van der Waals surface area contributed by atoms with E-state index in [0.717, 1.165) is 10.6 Å². The summed E-state index contributed by atoms with van der Waals surface area (Å²) in [5.41, 5.74) is 0.289. The Labute approximate surface area is 93.9 Å². The maximum Gasteiger partial charge on any atom is 0.115 e. The Hall–Kier alpha value is -1.14. The van der Waals surface area contributed by atoms with E-state index in [2.05, 4.69) is 6.07 Å². The predicted molar refractivity (Wildman–Crippen MR) is 60.7 cm³/mol. The molecule has 1 fully saturated rings. The molecule has 2 rings (SSSR count). The Kier molecular flexibility index (Phi) is 2.88. The third kappa shape index (κ3) is 2.66. The lowest BCUT2D eigenvalue weighted by Crippen LogP contribution is -2.02. The summed E-state index contributed by atoms with van der Waals surface area (Å²) < 4.78 is 0. The minimum absolute atomic E-state index is 0.289. The van der Waals surface area contributed by atoms with Gasteiger partial charge in [0.15, 0.2) is 0 Å². The van der Waals surface area contributed by atoms with Gasteiger partial charge < -0.3 is 5.11 Å². The van der Waals surface area contributed by atoms with Crippen LogP contribution in [0.15, 0.2) is 29.2 Å². The van der Waals surface area contributed by atoms with Gasteiger partial charge in [0.25, 0.3) is 0 Å². The normalized spacial score (nSPS) is 17.0. The maximum absolute atomic E-state index is 9.13. The number of phenolic OH excluding ortho intramolecular Hbond substituents is 1. The van der Waals surface area contributed by atoms with Gasteiger partial charge in [0.1, 0.15) is 5.75 Å².